The monoisotopic (exact) mass is 602 g/mol. The average molecular weight is 603 g/mol. The fraction of sp³-hybridized carbons (Fsp3) is 0.861. The molecule has 0 aromatic heterocycles. The molecule has 0 saturated heterocycles. The molecule has 3 saturated carbocycles. The van der Waals surface area contributed by atoms with E-state index in [1.165, 1.54) is 26.3 Å². The standard InChI is InChI=1S/C36H58O7/c1-22(2)19-26(42-24(4)38)20-35(10,40)30-14-17-34(9)28-11-12-29-32(6,7)31(43-25(5)39)15-16-33(29,8)27(28)13-18-36(30,34)21-41-23(3)37/h13,22,26,28-31,40H,11-12,14-21H2,1-10H3. The maximum Gasteiger partial charge on any atom is 0.302 e. The molecule has 4 aliphatic carbocycles. The van der Waals surface area contributed by atoms with Crippen LogP contribution in [0.2, 0.25) is 0 Å². The second-order valence-electron chi connectivity index (χ2n) is 16.3. The van der Waals surface area contributed by atoms with Crippen LogP contribution >= 0.6 is 0 Å². The van der Waals surface area contributed by atoms with Crippen molar-refractivity contribution >= 4 is 17.9 Å². The van der Waals surface area contributed by atoms with Gasteiger partial charge in [0.1, 0.15) is 12.2 Å². The SMILES string of the molecule is CC(=O)OCC12CC=C3C(CCC4C3(C)CCC(OC(C)=O)C4(C)C)C1(C)CCC2C(C)(O)CC(CC(C)C)OC(C)=O. The van der Waals surface area contributed by atoms with Crippen molar-refractivity contribution in [1.29, 1.82) is 0 Å². The second-order valence-corrected chi connectivity index (χ2v) is 16.3. The van der Waals surface area contributed by atoms with Gasteiger partial charge < -0.3 is 19.3 Å². The zero-order valence-electron chi connectivity index (χ0n) is 28.5. The first-order valence-corrected chi connectivity index (χ1v) is 16.7. The lowest BCUT2D eigenvalue weighted by Crippen LogP contribution is -2.60. The van der Waals surface area contributed by atoms with Crippen LogP contribution in [0.3, 0.4) is 0 Å². The number of hydrogen-bond donors (Lipinski definition) is 1. The smallest absolute Gasteiger partial charge is 0.302 e. The van der Waals surface area contributed by atoms with Crippen LogP contribution in [0.5, 0.6) is 0 Å². The third-order valence-electron chi connectivity index (χ3n) is 12.7. The van der Waals surface area contributed by atoms with Crippen molar-refractivity contribution in [2.45, 2.75) is 145 Å². The summed E-state index contributed by atoms with van der Waals surface area (Å²) in [5, 5.41) is 12.3. The van der Waals surface area contributed by atoms with E-state index < -0.39 is 11.0 Å². The van der Waals surface area contributed by atoms with Crippen molar-refractivity contribution in [3.05, 3.63) is 11.6 Å². The molecular formula is C36H58O7. The number of allylic oxidation sites excluding steroid dienone is 2. The molecule has 7 heteroatoms. The lowest BCUT2D eigenvalue weighted by atomic mass is 9.40. The normalized spacial score (nSPS) is 38.5. The third-order valence-corrected chi connectivity index (χ3v) is 12.7. The minimum atomic E-state index is -1.11. The average Bonchev–Trinajstić information content (AvgIpc) is 3.17. The van der Waals surface area contributed by atoms with Gasteiger partial charge in [-0.3, -0.25) is 14.4 Å². The van der Waals surface area contributed by atoms with Crippen molar-refractivity contribution in [1.82, 2.24) is 0 Å². The molecule has 43 heavy (non-hydrogen) atoms. The lowest BCUT2D eigenvalue weighted by Gasteiger charge is -2.64. The van der Waals surface area contributed by atoms with E-state index in [-0.39, 0.29) is 58.9 Å². The summed E-state index contributed by atoms with van der Waals surface area (Å²) in [6, 6.07) is 0. The Balaban J connectivity index is 1.73. The molecule has 4 rings (SSSR count). The molecule has 0 heterocycles. The zero-order valence-corrected chi connectivity index (χ0v) is 28.5. The Bertz CT molecular complexity index is 1120. The molecule has 0 amide bonds. The van der Waals surface area contributed by atoms with Gasteiger partial charge in [0.05, 0.1) is 12.2 Å². The van der Waals surface area contributed by atoms with Gasteiger partial charge in [-0.05, 0) is 92.8 Å². The summed E-state index contributed by atoms with van der Waals surface area (Å²) in [6.45, 7) is 20.2. The number of carbonyl (C=O) groups is 3. The number of fused-ring (bicyclic) bond motifs is 5. The van der Waals surface area contributed by atoms with Crippen molar-refractivity contribution in [3.63, 3.8) is 0 Å². The van der Waals surface area contributed by atoms with E-state index in [2.05, 4.69) is 47.6 Å². The van der Waals surface area contributed by atoms with Crippen LogP contribution in [0.1, 0.15) is 127 Å². The van der Waals surface area contributed by atoms with E-state index in [4.69, 9.17) is 14.2 Å². The third kappa shape index (κ3) is 5.93. The lowest BCUT2D eigenvalue weighted by molar-refractivity contribution is -0.180. The molecule has 0 radical (unpaired) electrons. The highest BCUT2D eigenvalue weighted by molar-refractivity contribution is 5.66. The molecule has 3 fully saturated rings. The van der Waals surface area contributed by atoms with E-state index in [0.717, 1.165) is 44.9 Å². The molecule has 1 N–H and O–H groups in total. The van der Waals surface area contributed by atoms with Gasteiger partial charge in [0.15, 0.2) is 0 Å². The molecule has 0 spiro atoms. The fourth-order valence-corrected chi connectivity index (χ4v) is 10.9. The highest BCUT2D eigenvalue weighted by atomic mass is 16.5. The van der Waals surface area contributed by atoms with E-state index >= 15 is 0 Å². The van der Waals surface area contributed by atoms with Gasteiger partial charge >= 0.3 is 17.9 Å². The molecule has 0 bridgehead atoms. The van der Waals surface area contributed by atoms with Gasteiger partial charge in [-0.2, -0.15) is 0 Å². The zero-order chi connectivity index (χ0) is 32.2. The Morgan fingerprint density at radius 1 is 0.977 bits per heavy atom. The maximum atomic E-state index is 12.3. The van der Waals surface area contributed by atoms with Gasteiger partial charge in [0.25, 0.3) is 0 Å². The van der Waals surface area contributed by atoms with Crippen LogP contribution in [0.25, 0.3) is 0 Å². The van der Waals surface area contributed by atoms with Gasteiger partial charge in [0.2, 0.25) is 0 Å². The molecule has 0 aliphatic heterocycles. The fourth-order valence-electron chi connectivity index (χ4n) is 10.9. The Hall–Kier alpha value is -1.89. The predicted octanol–water partition coefficient (Wildman–Crippen LogP) is 7.19. The Morgan fingerprint density at radius 2 is 1.65 bits per heavy atom. The van der Waals surface area contributed by atoms with Crippen molar-refractivity contribution in [2.75, 3.05) is 6.61 Å². The highest BCUT2D eigenvalue weighted by Gasteiger charge is 2.69. The van der Waals surface area contributed by atoms with Crippen molar-refractivity contribution in [2.24, 2.45) is 45.3 Å². The van der Waals surface area contributed by atoms with Crippen LogP contribution in [-0.2, 0) is 28.6 Å². The first-order chi connectivity index (χ1) is 19.8. The molecule has 4 aliphatic rings. The summed E-state index contributed by atoms with van der Waals surface area (Å²) in [4.78, 5) is 36.2. The number of hydrogen-bond acceptors (Lipinski definition) is 7. The van der Waals surface area contributed by atoms with E-state index in [9.17, 15) is 19.5 Å². The Kier molecular flexibility index (Phi) is 9.33. The molecule has 9 atom stereocenters. The molecule has 244 valence electrons. The van der Waals surface area contributed by atoms with Crippen LogP contribution in [-0.4, -0.2) is 47.4 Å². The highest BCUT2D eigenvalue weighted by Crippen LogP contribution is 2.73. The summed E-state index contributed by atoms with van der Waals surface area (Å²) in [5.41, 5.74) is -0.316. The van der Waals surface area contributed by atoms with Crippen LogP contribution < -0.4 is 0 Å². The van der Waals surface area contributed by atoms with Crippen LogP contribution in [0, 0.1) is 45.3 Å². The quantitative estimate of drug-likeness (QED) is 0.169. The molecular weight excluding hydrogens is 544 g/mol. The van der Waals surface area contributed by atoms with Gasteiger partial charge in [0, 0.05) is 38.0 Å². The number of aliphatic hydroxyl groups is 1. The minimum Gasteiger partial charge on any atom is -0.465 e. The largest absolute Gasteiger partial charge is 0.465 e. The van der Waals surface area contributed by atoms with E-state index in [1.807, 2.05) is 6.92 Å². The predicted molar refractivity (Wildman–Crippen MR) is 166 cm³/mol. The van der Waals surface area contributed by atoms with Gasteiger partial charge in [-0.1, -0.05) is 53.2 Å². The summed E-state index contributed by atoms with van der Waals surface area (Å²) in [6.07, 6.45) is 9.47. The minimum absolute atomic E-state index is 0.00202. The van der Waals surface area contributed by atoms with Crippen molar-refractivity contribution in [3.8, 4) is 0 Å². The van der Waals surface area contributed by atoms with Crippen LogP contribution in [0.4, 0.5) is 0 Å². The van der Waals surface area contributed by atoms with Gasteiger partial charge in [-0.25, -0.2) is 0 Å². The molecule has 7 nitrogen and oxygen atoms in total. The summed E-state index contributed by atoms with van der Waals surface area (Å²) in [5.74, 6) is 0.0909. The molecule has 0 aromatic carbocycles. The summed E-state index contributed by atoms with van der Waals surface area (Å²) in [7, 11) is 0. The summed E-state index contributed by atoms with van der Waals surface area (Å²) < 4.78 is 17.5. The molecule has 0 aromatic rings. The van der Waals surface area contributed by atoms with E-state index in [1.54, 1.807) is 0 Å². The maximum absolute atomic E-state index is 12.3. The van der Waals surface area contributed by atoms with Crippen molar-refractivity contribution < 1.29 is 33.7 Å². The number of rotatable bonds is 9. The number of ether oxygens (including phenoxy) is 3. The number of carbonyl (C=O) groups excluding carboxylic acids is 3. The summed E-state index contributed by atoms with van der Waals surface area (Å²) >= 11 is 0. The topological polar surface area (TPSA) is 99.1 Å². The van der Waals surface area contributed by atoms with Crippen LogP contribution in [0.15, 0.2) is 11.6 Å². The number of esters is 3. The Morgan fingerprint density at radius 3 is 2.23 bits per heavy atom. The molecule has 9 unspecified atom stereocenters. The van der Waals surface area contributed by atoms with E-state index in [0.29, 0.717) is 30.6 Å². The first kappa shape index (κ1) is 34.0. The van der Waals surface area contributed by atoms with Gasteiger partial charge in [-0.15, -0.1) is 0 Å². The second kappa shape index (κ2) is 11.8. The Labute approximate surface area is 259 Å². The first-order valence-electron chi connectivity index (χ1n) is 16.7.